The van der Waals surface area contributed by atoms with E-state index in [-0.39, 0.29) is 34.4 Å². The van der Waals surface area contributed by atoms with Gasteiger partial charge in [0.2, 0.25) is 0 Å². The number of ether oxygens (including phenoxy) is 2. The van der Waals surface area contributed by atoms with Gasteiger partial charge >= 0.3 is 0 Å². The molecule has 0 atom stereocenters. The molecule has 0 unspecified atom stereocenters. The fourth-order valence-electron chi connectivity index (χ4n) is 3.01. The lowest BCUT2D eigenvalue weighted by molar-refractivity contribution is -0.118. The zero-order valence-electron chi connectivity index (χ0n) is 19.0. The number of anilines is 2. The summed E-state index contributed by atoms with van der Waals surface area (Å²) in [5, 5.41) is 15.1. The van der Waals surface area contributed by atoms with E-state index >= 15 is 0 Å². The van der Waals surface area contributed by atoms with E-state index in [1.54, 1.807) is 37.3 Å². The molecular weight excluding hydrogens is 508 g/mol. The first-order chi connectivity index (χ1) is 17.3. The van der Waals surface area contributed by atoms with Crippen molar-refractivity contribution in [1.82, 2.24) is 0 Å². The number of hydrogen-bond donors (Lipinski definition) is 2. The molecular formula is C26H20Cl2FN3O4. The molecule has 0 aliphatic rings. The van der Waals surface area contributed by atoms with Crippen LogP contribution in [0.3, 0.4) is 0 Å². The van der Waals surface area contributed by atoms with Crippen LogP contribution in [0.5, 0.6) is 11.5 Å². The smallest absolute Gasteiger partial charge is 0.266 e. The summed E-state index contributed by atoms with van der Waals surface area (Å²) < 4.78 is 24.9. The second-order valence-corrected chi connectivity index (χ2v) is 8.05. The molecule has 0 aromatic heterocycles. The third-order valence-electron chi connectivity index (χ3n) is 4.61. The van der Waals surface area contributed by atoms with Gasteiger partial charge in [0.15, 0.2) is 18.1 Å². The molecule has 0 fully saturated rings. The summed E-state index contributed by atoms with van der Waals surface area (Å²) in [4.78, 5) is 24.8. The van der Waals surface area contributed by atoms with E-state index in [0.29, 0.717) is 16.3 Å². The molecule has 3 aromatic rings. The van der Waals surface area contributed by atoms with E-state index in [9.17, 15) is 19.2 Å². The van der Waals surface area contributed by atoms with Gasteiger partial charge in [-0.1, -0.05) is 35.3 Å². The molecule has 0 bridgehead atoms. The minimum Gasteiger partial charge on any atom is -0.490 e. The Morgan fingerprint density at radius 1 is 1.06 bits per heavy atom. The van der Waals surface area contributed by atoms with Gasteiger partial charge in [-0.3, -0.25) is 9.59 Å². The highest BCUT2D eigenvalue weighted by atomic mass is 35.5. The quantitative estimate of drug-likeness (QED) is 0.259. The van der Waals surface area contributed by atoms with Gasteiger partial charge in [0.05, 0.1) is 17.3 Å². The number of amides is 2. The van der Waals surface area contributed by atoms with Crippen LogP contribution in [-0.4, -0.2) is 25.0 Å². The van der Waals surface area contributed by atoms with Crippen molar-refractivity contribution in [1.29, 1.82) is 5.26 Å². The van der Waals surface area contributed by atoms with Crippen LogP contribution in [0.25, 0.3) is 6.08 Å². The van der Waals surface area contributed by atoms with Crippen LogP contribution in [0.4, 0.5) is 15.8 Å². The van der Waals surface area contributed by atoms with Crippen LogP contribution in [0.1, 0.15) is 12.5 Å². The number of nitrogens with zero attached hydrogens (tertiary/aromatic N) is 1. The van der Waals surface area contributed by atoms with Crippen molar-refractivity contribution in [2.24, 2.45) is 0 Å². The van der Waals surface area contributed by atoms with Crippen molar-refractivity contribution >= 4 is 52.5 Å². The number of carbonyl (C=O) groups excluding carboxylic acids is 2. The van der Waals surface area contributed by atoms with E-state index in [1.807, 2.05) is 6.07 Å². The number of nitriles is 1. The van der Waals surface area contributed by atoms with Gasteiger partial charge in [-0.25, -0.2) is 4.39 Å². The molecule has 0 radical (unpaired) electrons. The molecule has 10 heteroatoms. The van der Waals surface area contributed by atoms with Gasteiger partial charge in [-0.05, 0) is 67.1 Å². The van der Waals surface area contributed by atoms with Crippen molar-refractivity contribution in [3.8, 4) is 17.6 Å². The largest absolute Gasteiger partial charge is 0.490 e. The third-order valence-corrected chi connectivity index (χ3v) is 5.14. The molecule has 0 aliphatic carbocycles. The Bertz CT molecular complexity index is 1340. The number of benzene rings is 3. The van der Waals surface area contributed by atoms with Crippen LogP contribution in [-0.2, 0) is 9.59 Å². The molecule has 0 heterocycles. The lowest BCUT2D eigenvalue weighted by atomic mass is 10.1. The molecule has 7 nitrogen and oxygen atoms in total. The Labute approximate surface area is 217 Å². The SMILES string of the molecule is CCOc1cc(/C=C(/C#N)C(=O)Nc2ccc(Cl)cc2)cc(Cl)c1OCC(=O)Nc1ccccc1F. The molecule has 36 heavy (non-hydrogen) atoms. The van der Waals surface area contributed by atoms with Gasteiger partial charge in [0.25, 0.3) is 11.8 Å². The summed E-state index contributed by atoms with van der Waals surface area (Å²) in [6, 6.07) is 17.0. The van der Waals surface area contributed by atoms with E-state index in [2.05, 4.69) is 10.6 Å². The van der Waals surface area contributed by atoms with Crippen LogP contribution < -0.4 is 20.1 Å². The summed E-state index contributed by atoms with van der Waals surface area (Å²) in [5.41, 5.74) is 0.704. The summed E-state index contributed by atoms with van der Waals surface area (Å²) in [5.74, 6) is -1.52. The fourth-order valence-corrected chi connectivity index (χ4v) is 3.41. The molecule has 3 aromatic carbocycles. The monoisotopic (exact) mass is 527 g/mol. The van der Waals surface area contributed by atoms with E-state index in [4.69, 9.17) is 32.7 Å². The van der Waals surface area contributed by atoms with E-state index in [1.165, 1.54) is 36.4 Å². The fraction of sp³-hybridized carbons (Fsp3) is 0.115. The second-order valence-electron chi connectivity index (χ2n) is 7.21. The van der Waals surface area contributed by atoms with Gasteiger partial charge < -0.3 is 20.1 Å². The lowest BCUT2D eigenvalue weighted by Gasteiger charge is -2.15. The highest BCUT2D eigenvalue weighted by molar-refractivity contribution is 6.32. The Hall–Kier alpha value is -4.06. The number of para-hydroxylation sites is 1. The van der Waals surface area contributed by atoms with Crippen molar-refractivity contribution in [2.75, 3.05) is 23.8 Å². The molecule has 0 saturated heterocycles. The molecule has 0 saturated carbocycles. The third kappa shape index (κ3) is 7.22. The normalized spacial score (nSPS) is 10.8. The highest BCUT2D eigenvalue weighted by Gasteiger charge is 2.16. The van der Waals surface area contributed by atoms with Crippen molar-refractivity contribution in [3.63, 3.8) is 0 Å². The molecule has 184 valence electrons. The summed E-state index contributed by atoms with van der Waals surface area (Å²) >= 11 is 12.2. The van der Waals surface area contributed by atoms with Crippen LogP contribution in [0.15, 0.2) is 66.2 Å². The predicted molar refractivity (Wildman–Crippen MR) is 137 cm³/mol. The van der Waals surface area contributed by atoms with Crippen LogP contribution in [0.2, 0.25) is 10.0 Å². The topological polar surface area (TPSA) is 100 Å². The second kappa shape index (κ2) is 12.6. The molecule has 2 N–H and O–H groups in total. The number of hydrogen-bond acceptors (Lipinski definition) is 5. The minimum absolute atomic E-state index is 0.0172. The molecule has 0 spiro atoms. The zero-order valence-corrected chi connectivity index (χ0v) is 20.5. The Morgan fingerprint density at radius 2 is 1.78 bits per heavy atom. The zero-order chi connectivity index (χ0) is 26.1. The van der Waals surface area contributed by atoms with Gasteiger partial charge in [-0.15, -0.1) is 0 Å². The average molecular weight is 528 g/mol. The Morgan fingerprint density at radius 3 is 2.44 bits per heavy atom. The number of halogens is 3. The van der Waals surface area contributed by atoms with Crippen molar-refractivity contribution < 1.29 is 23.5 Å². The van der Waals surface area contributed by atoms with Gasteiger partial charge in [-0.2, -0.15) is 5.26 Å². The van der Waals surface area contributed by atoms with Crippen molar-refractivity contribution in [3.05, 3.63) is 87.7 Å². The first-order valence-electron chi connectivity index (χ1n) is 10.6. The lowest BCUT2D eigenvalue weighted by Crippen LogP contribution is -2.21. The van der Waals surface area contributed by atoms with Gasteiger partial charge in [0.1, 0.15) is 17.5 Å². The highest BCUT2D eigenvalue weighted by Crippen LogP contribution is 2.37. The predicted octanol–water partition coefficient (Wildman–Crippen LogP) is 6.09. The van der Waals surface area contributed by atoms with Gasteiger partial charge in [0, 0.05) is 10.7 Å². The maximum Gasteiger partial charge on any atom is 0.266 e. The van der Waals surface area contributed by atoms with Crippen LogP contribution in [0, 0.1) is 17.1 Å². The summed E-state index contributed by atoms with van der Waals surface area (Å²) in [6.07, 6.45) is 1.34. The number of nitrogens with one attached hydrogen (secondary N) is 2. The molecule has 3 rings (SSSR count). The number of carbonyl (C=O) groups is 2. The van der Waals surface area contributed by atoms with E-state index < -0.39 is 24.2 Å². The molecule has 0 aliphatic heterocycles. The minimum atomic E-state index is -0.626. The van der Waals surface area contributed by atoms with Crippen molar-refractivity contribution in [2.45, 2.75) is 6.92 Å². The molecule has 2 amide bonds. The van der Waals surface area contributed by atoms with E-state index in [0.717, 1.165) is 0 Å². The number of rotatable bonds is 9. The maximum absolute atomic E-state index is 13.8. The summed E-state index contributed by atoms with van der Waals surface area (Å²) in [6.45, 7) is 1.53. The Kier molecular flexibility index (Phi) is 9.28. The first kappa shape index (κ1) is 26.5. The average Bonchev–Trinajstić information content (AvgIpc) is 2.85. The first-order valence-corrected chi connectivity index (χ1v) is 11.4. The summed E-state index contributed by atoms with van der Waals surface area (Å²) in [7, 11) is 0. The maximum atomic E-state index is 13.8. The standard InChI is InChI=1S/C26H20Cl2FN3O4/c1-2-35-23-13-16(11-17(14-30)26(34)31-19-9-7-18(27)8-10-19)12-20(28)25(23)36-15-24(33)32-22-6-4-3-5-21(22)29/h3-13H,2,15H2,1H3,(H,31,34)(H,32,33)/b17-11-. The Balaban J connectivity index is 1.77. The van der Waals surface area contributed by atoms with Crippen LogP contribution >= 0.6 is 23.2 Å².